The Kier molecular flexibility index (Phi) is 5.10. The number of hydrogen-bond acceptors (Lipinski definition) is 4. The average Bonchev–Trinajstić information content (AvgIpc) is 3.09. The standard InChI is InChI=1S/C18H23N3OS/c1-14(2)17(13-22)21(10-15-6-4-3-5-7-15)12-16-11-20-8-9-23-18(20)19-16/h3-9,11,14,17,22H,10,12-13H2,1-2H3. The molecule has 0 bridgehead atoms. The highest BCUT2D eigenvalue weighted by atomic mass is 32.1. The van der Waals surface area contributed by atoms with Crippen molar-refractivity contribution in [1.82, 2.24) is 14.3 Å². The summed E-state index contributed by atoms with van der Waals surface area (Å²) in [4.78, 5) is 8.03. The summed E-state index contributed by atoms with van der Waals surface area (Å²) < 4.78 is 2.06. The van der Waals surface area contributed by atoms with E-state index in [1.807, 2.05) is 17.6 Å². The van der Waals surface area contributed by atoms with Crippen LogP contribution in [-0.2, 0) is 13.1 Å². The van der Waals surface area contributed by atoms with Gasteiger partial charge >= 0.3 is 0 Å². The number of aliphatic hydroxyl groups is 1. The lowest BCUT2D eigenvalue weighted by Gasteiger charge is -2.32. The van der Waals surface area contributed by atoms with Crippen LogP contribution in [0, 0.1) is 5.92 Å². The van der Waals surface area contributed by atoms with Crippen molar-refractivity contribution in [3.63, 3.8) is 0 Å². The molecule has 0 amide bonds. The number of aliphatic hydroxyl groups excluding tert-OH is 1. The lowest BCUT2D eigenvalue weighted by atomic mass is 10.0. The molecule has 4 nitrogen and oxygen atoms in total. The second-order valence-electron chi connectivity index (χ2n) is 6.21. The second-order valence-corrected chi connectivity index (χ2v) is 7.08. The Morgan fingerprint density at radius 1 is 1.22 bits per heavy atom. The third-order valence-corrected chi connectivity index (χ3v) is 4.93. The fraction of sp³-hybridized carbons (Fsp3) is 0.389. The zero-order valence-corrected chi connectivity index (χ0v) is 14.4. The minimum atomic E-state index is 0.120. The van der Waals surface area contributed by atoms with Crippen molar-refractivity contribution in [2.75, 3.05) is 6.61 Å². The van der Waals surface area contributed by atoms with Crippen molar-refractivity contribution in [2.45, 2.75) is 33.0 Å². The third-order valence-electron chi connectivity index (χ3n) is 4.16. The summed E-state index contributed by atoms with van der Waals surface area (Å²) in [6, 6.07) is 10.5. The van der Waals surface area contributed by atoms with Gasteiger partial charge in [-0.2, -0.15) is 0 Å². The maximum absolute atomic E-state index is 9.86. The Labute approximate surface area is 141 Å². The number of imidazole rings is 1. The van der Waals surface area contributed by atoms with Crippen molar-refractivity contribution in [3.8, 4) is 0 Å². The molecular formula is C18H23N3OS. The molecule has 5 heteroatoms. The molecule has 0 spiro atoms. The van der Waals surface area contributed by atoms with Crippen LogP contribution in [0.5, 0.6) is 0 Å². The van der Waals surface area contributed by atoms with E-state index >= 15 is 0 Å². The molecule has 0 aliphatic heterocycles. The van der Waals surface area contributed by atoms with E-state index in [2.05, 4.69) is 58.6 Å². The highest BCUT2D eigenvalue weighted by Crippen LogP contribution is 2.19. The minimum Gasteiger partial charge on any atom is -0.395 e. The smallest absolute Gasteiger partial charge is 0.193 e. The zero-order valence-electron chi connectivity index (χ0n) is 13.6. The van der Waals surface area contributed by atoms with Gasteiger partial charge in [-0.15, -0.1) is 11.3 Å². The number of aromatic nitrogens is 2. The Morgan fingerprint density at radius 3 is 2.65 bits per heavy atom. The van der Waals surface area contributed by atoms with E-state index in [0.717, 1.165) is 23.7 Å². The summed E-state index contributed by atoms with van der Waals surface area (Å²) in [6.45, 7) is 6.03. The van der Waals surface area contributed by atoms with Crippen molar-refractivity contribution in [1.29, 1.82) is 0 Å². The van der Waals surface area contributed by atoms with E-state index in [9.17, 15) is 5.11 Å². The van der Waals surface area contributed by atoms with Gasteiger partial charge in [-0.1, -0.05) is 44.2 Å². The van der Waals surface area contributed by atoms with Crippen LogP contribution >= 0.6 is 11.3 Å². The predicted molar refractivity (Wildman–Crippen MR) is 94.5 cm³/mol. The first-order chi connectivity index (χ1) is 11.2. The van der Waals surface area contributed by atoms with Crippen molar-refractivity contribution in [2.24, 2.45) is 5.92 Å². The van der Waals surface area contributed by atoms with Gasteiger partial charge in [-0.3, -0.25) is 9.30 Å². The number of thiazole rings is 1. The van der Waals surface area contributed by atoms with Gasteiger partial charge in [0.2, 0.25) is 0 Å². The minimum absolute atomic E-state index is 0.120. The molecule has 1 unspecified atom stereocenters. The number of hydrogen-bond donors (Lipinski definition) is 1. The Balaban J connectivity index is 1.82. The highest BCUT2D eigenvalue weighted by molar-refractivity contribution is 7.15. The van der Waals surface area contributed by atoms with Crippen LogP contribution in [0.25, 0.3) is 4.96 Å². The summed E-state index contributed by atoms with van der Waals surface area (Å²) >= 11 is 1.64. The molecule has 1 aromatic carbocycles. The van der Waals surface area contributed by atoms with Gasteiger partial charge in [-0.25, -0.2) is 4.98 Å². The zero-order chi connectivity index (χ0) is 16.2. The molecule has 2 aromatic heterocycles. The molecule has 0 fully saturated rings. The van der Waals surface area contributed by atoms with E-state index in [4.69, 9.17) is 0 Å². The molecule has 0 saturated carbocycles. The van der Waals surface area contributed by atoms with Crippen LogP contribution in [0.1, 0.15) is 25.1 Å². The molecular weight excluding hydrogens is 306 g/mol. The van der Waals surface area contributed by atoms with Crippen molar-refractivity contribution >= 4 is 16.3 Å². The molecule has 0 aliphatic rings. The molecule has 122 valence electrons. The molecule has 0 radical (unpaired) electrons. The normalized spacial score (nSPS) is 13.3. The van der Waals surface area contributed by atoms with Crippen LogP contribution in [-0.4, -0.2) is 32.0 Å². The van der Waals surface area contributed by atoms with Crippen LogP contribution in [0.4, 0.5) is 0 Å². The van der Waals surface area contributed by atoms with E-state index < -0.39 is 0 Å². The highest BCUT2D eigenvalue weighted by Gasteiger charge is 2.22. The SMILES string of the molecule is CC(C)C(CO)N(Cc1ccccc1)Cc1cn2ccsc2n1. The maximum atomic E-state index is 9.86. The van der Waals surface area contributed by atoms with Gasteiger partial charge in [0.15, 0.2) is 4.96 Å². The molecule has 3 rings (SSSR count). The van der Waals surface area contributed by atoms with Gasteiger partial charge in [0.1, 0.15) is 0 Å². The summed E-state index contributed by atoms with van der Waals surface area (Å²) in [6.07, 6.45) is 4.11. The number of benzene rings is 1. The predicted octanol–water partition coefficient (Wildman–Crippen LogP) is 3.41. The second kappa shape index (κ2) is 7.25. The summed E-state index contributed by atoms with van der Waals surface area (Å²) in [7, 11) is 0. The lowest BCUT2D eigenvalue weighted by Crippen LogP contribution is -2.40. The van der Waals surface area contributed by atoms with Crippen molar-refractivity contribution < 1.29 is 5.11 Å². The first-order valence-electron chi connectivity index (χ1n) is 7.97. The number of fused-ring (bicyclic) bond motifs is 1. The topological polar surface area (TPSA) is 40.8 Å². The van der Waals surface area contributed by atoms with Crippen LogP contribution in [0.15, 0.2) is 48.1 Å². The third kappa shape index (κ3) is 3.80. The summed E-state index contributed by atoms with van der Waals surface area (Å²) in [5.74, 6) is 0.382. The first kappa shape index (κ1) is 16.2. The van der Waals surface area contributed by atoms with Crippen LogP contribution in [0.2, 0.25) is 0 Å². The molecule has 23 heavy (non-hydrogen) atoms. The van der Waals surface area contributed by atoms with Crippen LogP contribution in [0.3, 0.4) is 0 Å². The first-order valence-corrected chi connectivity index (χ1v) is 8.85. The molecule has 3 aromatic rings. The average molecular weight is 329 g/mol. The summed E-state index contributed by atoms with van der Waals surface area (Å²) in [5.41, 5.74) is 2.31. The van der Waals surface area contributed by atoms with E-state index in [0.29, 0.717) is 5.92 Å². The van der Waals surface area contributed by atoms with Gasteiger partial charge in [0.05, 0.1) is 12.3 Å². The Bertz CT molecular complexity index is 706. The van der Waals surface area contributed by atoms with Crippen LogP contribution < -0.4 is 0 Å². The molecule has 2 heterocycles. The monoisotopic (exact) mass is 329 g/mol. The quantitative estimate of drug-likeness (QED) is 0.722. The summed E-state index contributed by atoms with van der Waals surface area (Å²) in [5, 5.41) is 11.9. The van der Waals surface area contributed by atoms with E-state index in [-0.39, 0.29) is 12.6 Å². The molecule has 0 saturated heterocycles. The molecule has 1 atom stereocenters. The van der Waals surface area contributed by atoms with E-state index in [1.54, 1.807) is 11.3 Å². The van der Waals surface area contributed by atoms with Crippen molar-refractivity contribution in [3.05, 3.63) is 59.4 Å². The number of rotatable bonds is 7. The van der Waals surface area contributed by atoms with Gasteiger partial charge in [0, 0.05) is 36.9 Å². The lowest BCUT2D eigenvalue weighted by molar-refractivity contribution is 0.0775. The van der Waals surface area contributed by atoms with Gasteiger partial charge in [-0.05, 0) is 11.5 Å². The number of nitrogens with zero attached hydrogens (tertiary/aromatic N) is 3. The Hall–Kier alpha value is -1.69. The molecule has 0 aliphatic carbocycles. The van der Waals surface area contributed by atoms with Gasteiger partial charge < -0.3 is 5.11 Å². The fourth-order valence-corrected chi connectivity index (χ4v) is 3.64. The van der Waals surface area contributed by atoms with E-state index in [1.165, 1.54) is 5.56 Å². The van der Waals surface area contributed by atoms with Gasteiger partial charge in [0.25, 0.3) is 0 Å². The largest absolute Gasteiger partial charge is 0.395 e. The molecule has 1 N–H and O–H groups in total. The Morgan fingerprint density at radius 2 is 2.00 bits per heavy atom. The maximum Gasteiger partial charge on any atom is 0.193 e. The fourth-order valence-electron chi connectivity index (χ4n) is 2.92.